The van der Waals surface area contributed by atoms with E-state index in [4.69, 9.17) is 0 Å². The van der Waals surface area contributed by atoms with E-state index in [1.165, 1.54) is 0 Å². The second kappa shape index (κ2) is 7.89. The van der Waals surface area contributed by atoms with E-state index in [0.717, 1.165) is 38.5 Å². The Kier molecular flexibility index (Phi) is 6.12. The molecule has 4 rings (SSSR count). The average molecular weight is 475 g/mol. The highest BCUT2D eigenvalue weighted by Gasteiger charge is 2.70. The zero-order valence-electron chi connectivity index (χ0n) is 22.9. The number of carbonyl (C=O) groups excluding carboxylic acids is 1. The van der Waals surface area contributed by atoms with E-state index < -0.39 is 17.3 Å². The Balaban J connectivity index is 1.65. The summed E-state index contributed by atoms with van der Waals surface area (Å²) in [6, 6.07) is 0. The maximum atomic E-state index is 12.8. The summed E-state index contributed by atoms with van der Waals surface area (Å²) in [5.74, 6) is 1.76. The van der Waals surface area contributed by atoms with E-state index in [-0.39, 0.29) is 27.6 Å². The number of carbonyl (C=O) groups is 1. The molecule has 4 nitrogen and oxygen atoms in total. The average Bonchev–Trinajstić information content (AvgIpc) is 2.89. The lowest BCUT2D eigenvalue weighted by atomic mass is 9.38. The van der Waals surface area contributed by atoms with Crippen LogP contribution in [0.2, 0.25) is 0 Å². The monoisotopic (exact) mass is 474 g/mol. The summed E-state index contributed by atoms with van der Waals surface area (Å²) in [6.07, 6.45) is 10.3. The largest absolute Gasteiger partial charge is 0.393 e. The highest BCUT2D eigenvalue weighted by atomic mass is 16.3. The molecule has 0 aromatic carbocycles. The summed E-state index contributed by atoms with van der Waals surface area (Å²) in [4.78, 5) is 12.8. The highest BCUT2D eigenvalue weighted by molar-refractivity contribution is 5.85. The Morgan fingerprint density at radius 2 is 1.59 bits per heavy atom. The number of Topliss-reactive ketones (excluding diaryl/α,β-unsaturated/α-hetero) is 1. The van der Waals surface area contributed by atoms with Crippen molar-refractivity contribution in [2.75, 3.05) is 0 Å². The first-order valence-electron chi connectivity index (χ1n) is 13.7. The Labute approximate surface area is 207 Å². The van der Waals surface area contributed by atoms with Gasteiger partial charge in [0.05, 0.1) is 17.3 Å². The van der Waals surface area contributed by atoms with Crippen LogP contribution >= 0.6 is 0 Å². The SMILES string of the molecule is CC(C)(O)/C=C/C[C@](C)(O)[C@@H]1[C@@H](O)C[C@@]2(C)[C@@H]3CC[C@@H]4C(C)(C)C(=O)CC[C@@]4(C)[C@@H]3CC[C@@]12C. The molecule has 4 heteroatoms. The van der Waals surface area contributed by atoms with Crippen LogP contribution in [0.1, 0.15) is 107 Å². The van der Waals surface area contributed by atoms with Crippen LogP contribution in [0.5, 0.6) is 0 Å². The smallest absolute Gasteiger partial charge is 0.138 e. The van der Waals surface area contributed by atoms with Crippen molar-refractivity contribution in [2.24, 2.45) is 45.3 Å². The van der Waals surface area contributed by atoms with Crippen LogP contribution in [0.4, 0.5) is 0 Å². The molecule has 4 aliphatic rings. The molecule has 34 heavy (non-hydrogen) atoms. The van der Waals surface area contributed by atoms with Crippen molar-refractivity contribution >= 4 is 5.78 Å². The van der Waals surface area contributed by atoms with Crippen molar-refractivity contribution in [1.82, 2.24) is 0 Å². The molecule has 0 radical (unpaired) electrons. The Morgan fingerprint density at radius 1 is 0.941 bits per heavy atom. The molecule has 194 valence electrons. The van der Waals surface area contributed by atoms with Crippen LogP contribution in [-0.2, 0) is 4.79 Å². The molecule has 3 N–H and O–H groups in total. The number of fused-ring (bicyclic) bond motifs is 5. The fourth-order valence-corrected chi connectivity index (χ4v) is 10.2. The van der Waals surface area contributed by atoms with Crippen molar-refractivity contribution in [3.8, 4) is 0 Å². The quantitative estimate of drug-likeness (QED) is 0.458. The predicted octanol–water partition coefficient (Wildman–Crippen LogP) is 5.68. The molecule has 0 spiro atoms. The Morgan fingerprint density at radius 3 is 2.21 bits per heavy atom. The van der Waals surface area contributed by atoms with Gasteiger partial charge in [-0.25, -0.2) is 0 Å². The van der Waals surface area contributed by atoms with Gasteiger partial charge in [-0.15, -0.1) is 0 Å². The van der Waals surface area contributed by atoms with Gasteiger partial charge in [0, 0.05) is 17.8 Å². The lowest BCUT2D eigenvalue weighted by molar-refractivity contribution is -0.192. The maximum absolute atomic E-state index is 12.8. The minimum atomic E-state index is -1.04. The third kappa shape index (κ3) is 3.68. The summed E-state index contributed by atoms with van der Waals surface area (Å²) in [7, 11) is 0. The molecule has 0 aromatic rings. The number of aliphatic hydroxyl groups is 3. The molecule has 0 amide bonds. The lowest BCUT2D eigenvalue weighted by Crippen LogP contribution is -2.61. The second-order valence-corrected chi connectivity index (χ2v) is 14.7. The van der Waals surface area contributed by atoms with E-state index in [2.05, 4.69) is 34.6 Å². The molecule has 0 saturated heterocycles. The third-order valence-electron chi connectivity index (χ3n) is 11.9. The van der Waals surface area contributed by atoms with Gasteiger partial charge in [0.1, 0.15) is 5.78 Å². The van der Waals surface area contributed by atoms with Crippen LogP contribution in [0.3, 0.4) is 0 Å². The van der Waals surface area contributed by atoms with Gasteiger partial charge in [0.15, 0.2) is 0 Å². The van der Waals surface area contributed by atoms with E-state index in [0.29, 0.717) is 36.4 Å². The van der Waals surface area contributed by atoms with Crippen molar-refractivity contribution < 1.29 is 20.1 Å². The van der Waals surface area contributed by atoms with Gasteiger partial charge in [-0.05, 0) is 99.7 Å². The standard InChI is InChI=1S/C30H50O4/c1-25(2,33)14-9-15-30(8,34)24-21(31)18-29(7)20-10-11-22-26(3,4)23(32)13-16-27(22,5)19(20)12-17-28(24,29)6/h9,14,19-22,24,31,33-34H,10-13,15-18H2,1-8H3/b14-9+/t19-,20-,21+,22-,24-,27+,28+,29+,30+/m1/s1. The predicted molar refractivity (Wildman–Crippen MR) is 136 cm³/mol. The number of hydrogen-bond donors (Lipinski definition) is 3. The van der Waals surface area contributed by atoms with Crippen molar-refractivity contribution in [3.63, 3.8) is 0 Å². The van der Waals surface area contributed by atoms with Gasteiger partial charge in [-0.3, -0.25) is 4.79 Å². The molecule has 0 bridgehead atoms. The van der Waals surface area contributed by atoms with Crippen LogP contribution in [0.15, 0.2) is 12.2 Å². The maximum Gasteiger partial charge on any atom is 0.138 e. The van der Waals surface area contributed by atoms with E-state index in [1.807, 2.05) is 13.0 Å². The van der Waals surface area contributed by atoms with Crippen LogP contribution in [0, 0.1) is 45.3 Å². The fraction of sp³-hybridized carbons (Fsp3) is 0.900. The molecule has 0 heterocycles. The highest BCUT2D eigenvalue weighted by Crippen LogP contribution is 2.74. The molecule has 4 fully saturated rings. The molecule has 4 aliphatic carbocycles. The summed E-state index contributed by atoms with van der Waals surface area (Å²) >= 11 is 0. The fourth-order valence-electron chi connectivity index (χ4n) is 10.2. The summed E-state index contributed by atoms with van der Waals surface area (Å²) in [5.41, 5.74) is -2.21. The normalized spacial score (nSPS) is 48.2. The zero-order valence-corrected chi connectivity index (χ0v) is 22.9. The van der Waals surface area contributed by atoms with Crippen molar-refractivity contribution in [2.45, 2.75) is 124 Å². The van der Waals surface area contributed by atoms with E-state index in [1.54, 1.807) is 19.9 Å². The van der Waals surface area contributed by atoms with Crippen molar-refractivity contribution in [3.05, 3.63) is 12.2 Å². The van der Waals surface area contributed by atoms with Crippen LogP contribution < -0.4 is 0 Å². The summed E-state index contributed by atoms with van der Waals surface area (Å²) < 4.78 is 0. The molecule has 0 aromatic heterocycles. The zero-order chi connectivity index (χ0) is 25.5. The van der Waals surface area contributed by atoms with Gasteiger partial charge < -0.3 is 15.3 Å². The first kappa shape index (κ1) is 26.4. The first-order valence-corrected chi connectivity index (χ1v) is 13.7. The third-order valence-corrected chi connectivity index (χ3v) is 11.9. The van der Waals surface area contributed by atoms with E-state index in [9.17, 15) is 20.1 Å². The molecule has 4 saturated carbocycles. The van der Waals surface area contributed by atoms with Crippen LogP contribution in [0.25, 0.3) is 0 Å². The van der Waals surface area contributed by atoms with Gasteiger partial charge in [0.2, 0.25) is 0 Å². The topological polar surface area (TPSA) is 77.8 Å². The molecular formula is C30H50O4. The molecular weight excluding hydrogens is 424 g/mol. The number of ketones is 1. The molecule has 0 unspecified atom stereocenters. The number of aliphatic hydroxyl groups excluding tert-OH is 1. The van der Waals surface area contributed by atoms with Crippen molar-refractivity contribution in [1.29, 1.82) is 0 Å². The Hall–Kier alpha value is -0.710. The van der Waals surface area contributed by atoms with Gasteiger partial charge in [-0.1, -0.05) is 46.8 Å². The lowest BCUT2D eigenvalue weighted by Gasteiger charge is -2.66. The number of hydrogen-bond acceptors (Lipinski definition) is 4. The minimum Gasteiger partial charge on any atom is -0.393 e. The van der Waals surface area contributed by atoms with Gasteiger partial charge in [0.25, 0.3) is 0 Å². The minimum absolute atomic E-state index is 0.0382. The van der Waals surface area contributed by atoms with Gasteiger partial charge in [-0.2, -0.15) is 0 Å². The van der Waals surface area contributed by atoms with Crippen LogP contribution in [-0.4, -0.2) is 38.4 Å². The van der Waals surface area contributed by atoms with E-state index >= 15 is 0 Å². The Bertz CT molecular complexity index is 850. The summed E-state index contributed by atoms with van der Waals surface area (Å²) in [6.45, 7) is 16.9. The number of rotatable bonds is 4. The molecule has 0 aliphatic heterocycles. The first-order chi connectivity index (χ1) is 15.4. The van der Waals surface area contributed by atoms with Gasteiger partial charge >= 0.3 is 0 Å². The molecule has 9 atom stereocenters. The second-order valence-electron chi connectivity index (χ2n) is 14.7. The summed E-state index contributed by atoms with van der Waals surface area (Å²) in [5, 5.41) is 33.2.